The first-order chi connectivity index (χ1) is 10.9. The van der Waals surface area contributed by atoms with E-state index in [4.69, 9.17) is 0 Å². The molecule has 1 aliphatic heterocycles. The maximum Gasteiger partial charge on any atom is 0.266 e. The number of amidine groups is 2. The van der Waals surface area contributed by atoms with Gasteiger partial charge in [-0.05, 0) is 25.1 Å². The molecule has 0 fully saturated rings. The largest absolute Gasteiger partial charge is 0.283 e. The molecular formula is C17H18F3N3. The first kappa shape index (κ1) is 17.0. The third-order valence-electron chi connectivity index (χ3n) is 3.51. The van der Waals surface area contributed by atoms with Crippen molar-refractivity contribution in [3.63, 3.8) is 0 Å². The van der Waals surface area contributed by atoms with E-state index in [0.29, 0.717) is 23.8 Å². The van der Waals surface area contributed by atoms with Crippen LogP contribution < -0.4 is 0 Å². The molecule has 122 valence electrons. The van der Waals surface area contributed by atoms with E-state index in [2.05, 4.69) is 16.6 Å². The maximum atomic E-state index is 13.7. The highest BCUT2D eigenvalue weighted by Gasteiger charge is 2.29. The Morgan fingerprint density at radius 3 is 2.65 bits per heavy atom. The lowest BCUT2D eigenvalue weighted by Crippen LogP contribution is -2.35. The first-order valence-electron chi connectivity index (χ1n) is 7.22. The van der Waals surface area contributed by atoms with Crippen LogP contribution in [-0.2, 0) is 0 Å². The fraction of sp³-hybridized carbons (Fsp3) is 0.294. The third kappa shape index (κ3) is 3.06. The minimum Gasteiger partial charge on any atom is -0.283 e. The van der Waals surface area contributed by atoms with Crippen LogP contribution in [0.4, 0.5) is 18.9 Å². The normalized spacial score (nSPS) is 15.4. The first-order valence-corrected chi connectivity index (χ1v) is 7.22. The lowest BCUT2D eigenvalue weighted by molar-refractivity contribution is 0.151. The van der Waals surface area contributed by atoms with Gasteiger partial charge in [0, 0.05) is 24.6 Å². The topological polar surface area (TPSA) is 28.0 Å². The SMILES string of the molecule is C=C1c2cc(F)cc(C(F)F)c2N=C(CC)N1C(/C=C\C)=NC. The lowest BCUT2D eigenvalue weighted by Gasteiger charge is -2.32. The summed E-state index contributed by atoms with van der Waals surface area (Å²) in [6.45, 7) is 7.64. The Hall–Kier alpha value is -2.37. The highest BCUT2D eigenvalue weighted by Crippen LogP contribution is 2.41. The van der Waals surface area contributed by atoms with E-state index >= 15 is 0 Å². The van der Waals surface area contributed by atoms with Crippen LogP contribution in [0.15, 0.2) is 40.8 Å². The van der Waals surface area contributed by atoms with Crippen LogP contribution in [0, 0.1) is 5.82 Å². The van der Waals surface area contributed by atoms with Gasteiger partial charge in [0.25, 0.3) is 6.43 Å². The molecule has 0 atom stereocenters. The van der Waals surface area contributed by atoms with E-state index < -0.39 is 17.8 Å². The Balaban J connectivity index is 2.70. The Morgan fingerprint density at radius 1 is 1.43 bits per heavy atom. The van der Waals surface area contributed by atoms with E-state index in [1.807, 2.05) is 13.8 Å². The minimum atomic E-state index is -2.81. The zero-order valence-corrected chi connectivity index (χ0v) is 13.3. The Bertz CT molecular complexity index is 718. The molecule has 1 heterocycles. The molecule has 0 bridgehead atoms. The van der Waals surface area contributed by atoms with E-state index in [1.165, 1.54) is 6.07 Å². The second-order valence-corrected chi connectivity index (χ2v) is 4.94. The van der Waals surface area contributed by atoms with Crippen molar-refractivity contribution in [3.8, 4) is 0 Å². The van der Waals surface area contributed by atoms with Gasteiger partial charge in [-0.2, -0.15) is 0 Å². The monoisotopic (exact) mass is 321 g/mol. The summed E-state index contributed by atoms with van der Waals surface area (Å²) in [4.78, 5) is 10.2. The molecule has 2 rings (SSSR count). The summed E-state index contributed by atoms with van der Waals surface area (Å²) in [6.07, 6.45) is 1.24. The number of hydrogen-bond donors (Lipinski definition) is 0. The summed E-state index contributed by atoms with van der Waals surface area (Å²) in [5, 5.41) is 0. The van der Waals surface area contributed by atoms with Crippen LogP contribution in [-0.4, -0.2) is 23.6 Å². The van der Waals surface area contributed by atoms with Crippen molar-refractivity contribution in [1.82, 2.24) is 4.90 Å². The lowest BCUT2D eigenvalue weighted by atomic mass is 10.0. The molecule has 0 amide bonds. The Kier molecular flexibility index (Phi) is 5.03. The van der Waals surface area contributed by atoms with Crippen molar-refractivity contribution in [2.24, 2.45) is 9.98 Å². The van der Waals surface area contributed by atoms with Crippen LogP contribution in [0.1, 0.15) is 37.8 Å². The molecule has 23 heavy (non-hydrogen) atoms. The van der Waals surface area contributed by atoms with Crippen LogP contribution in [0.3, 0.4) is 0 Å². The number of benzene rings is 1. The number of halogens is 3. The van der Waals surface area contributed by atoms with Crippen molar-refractivity contribution >= 4 is 23.1 Å². The molecule has 0 saturated heterocycles. The molecule has 0 unspecified atom stereocenters. The fourth-order valence-corrected chi connectivity index (χ4v) is 2.49. The number of alkyl halides is 2. The maximum absolute atomic E-state index is 13.7. The summed E-state index contributed by atoms with van der Waals surface area (Å²) in [7, 11) is 1.61. The second kappa shape index (κ2) is 6.81. The van der Waals surface area contributed by atoms with Gasteiger partial charge in [-0.1, -0.05) is 19.6 Å². The van der Waals surface area contributed by atoms with Crippen LogP contribution >= 0.6 is 0 Å². The number of fused-ring (bicyclic) bond motifs is 1. The van der Waals surface area contributed by atoms with Crippen LogP contribution in [0.2, 0.25) is 0 Å². The molecule has 1 aromatic rings. The standard InChI is InChI=1S/C17H18F3N3/c1-5-7-15(21-4)23-10(3)12-8-11(18)9-13(17(19)20)16(12)22-14(23)6-2/h5,7-9,17H,3,6H2,1-2,4H3/b7-5-,21-15?. The zero-order valence-electron chi connectivity index (χ0n) is 13.3. The van der Waals surface area contributed by atoms with Gasteiger partial charge in [0.05, 0.1) is 11.4 Å². The number of hydrogen-bond acceptors (Lipinski definition) is 2. The summed E-state index contributed by atoms with van der Waals surface area (Å²) in [6, 6.07) is 2.00. The summed E-state index contributed by atoms with van der Waals surface area (Å²) < 4.78 is 40.2. The molecule has 6 heteroatoms. The molecule has 0 aromatic heterocycles. The molecule has 0 radical (unpaired) electrons. The summed E-state index contributed by atoms with van der Waals surface area (Å²) >= 11 is 0. The van der Waals surface area contributed by atoms with Crippen LogP contribution in [0.25, 0.3) is 5.70 Å². The second-order valence-electron chi connectivity index (χ2n) is 4.94. The highest BCUT2D eigenvalue weighted by atomic mass is 19.3. The van der Waals surface area contributed by atoms with Gasteiger partial charge in [-0.25, -0.2) is 18.2 Å². The van der Waals surface area contributed by atoms with Gasteiger partial charge in [-0.15, -0.1) is 0 Å². The van der Waals surface area contributed by atoms with Gasteiger partial charge >= 0.3 is 0 Å². The Morgan fingerprint density at radius 2 is 2.13 bits per heavy atom. The van der Waals surface area contributed by atoms with Crippen molar-refractivity contribution < 1.29 is 13.2 Å². The van der Waals surface area contributed by atoms with Crippen molar-refractivity contribution in [2.45, 2.75) is 26.7 Å². The number of rotatable bonds is 3. The minimum absolute atomic E-state index is 0.0791. The van der Waals surface area contributed by atoms with Gasteiger partial charge in [0.2, 0.25) is 0 Å². The van der Waals surface area contributed by atoms with Crippen molar-refractivity contribution in [1.29, 1.82) is 0 Å². The molecule has 1 aromatic carbocycles. The molecule has 0 spiro atoms. The zero-order chi connectivity index (χ0) is 17.1. The van der Waals surface area contributed by atoms with E-state index in [-0.39, 0.29) is 11.3 Å². The third-order valence-corrected chi connectivity index (χ3v) is 3.51. The number of nitrogens with zero attached hydrogens (tertiary/aromatic N) is 3. The molecule has 0 aliphatic carbocycles. The van der Waals surface area contributed by atoms with Crippen LogP contribution in [0.5, 0.6) is 0 Å². The van der Waals surface area contributed by atoms with Gasteiger partial charge in [0.15, 0.2) is 0 Å². The van der Waals surface area contributed by atoms with E-state index in [9.17, 15) is 13.2 Å². The average Bonchev–Trinajstić information content (AvgIpc) is 2.52. The smallest absolute Gasteiger partial charge is 0.266 e. The van der Waals surface area contributed by atoms with Gasteiger partial charge in [-0.3, -0.25) is 9.89 Å². The molecule has 0 saturated carbocycles. The van der Waals surface area contributed by atoms with Gasteiger partial charge in [0.1, 0.15) is 17.5 Å². The average molecular weight is 321 g/mol. The predicted octanol–water partition coefficient (Wildman–Crippen LogP) is 5.09. The number of aliphatic imine (C=N–C) groups is 2. The van der Waals surface area contributed by atoms with E-state index in [1.54, 1.807) is 24.1 Å². The quantitative estimate of drug-likeness (QED) is 0.562. The molecule has 1 aliphatic rings. The van der Waals surface area contributed by atoms with Gasteiger partial charge < -0.3 is 0 Å². The predicted molar refractivity (Wildman–Crippen MR) is 87.8 cm³/mol. The molecular weight excluding hydrogens is 303 g/mol. The van der Waals surface area contributed by atoms with Crippen molar-refractivity contribution in [2.75, 3.05) is 7.05 Å². The Labute approximate surface area is 133 Å². The van der Waals surface area contributed by atoms with E-state index in [0.717, 1.165) is 6.07 Å². The number of allylic oxidation sites excluding steroid dienone is 1. The summed E-state index contributed by atoms with van der Waals surface area (Å²) in [5.74, 6) is 0.359. The fourth-order valence-electron chi connectivity index (χ4n) is 2.49. The summed E-state index contributed by atoms with van der Waals surface area (Å²) in [5.41, 5.74) is 0.290. The highest BCUT2D eigenvalue weighted by molar-refractivity contribution is 6.15. The van der Waals surface area contributed by atoms with Crippen molar-refractivity contribution in [3.05, 3.63) is 47.8 Å². The molecule has 0 N–H and O–H groups in total. The molecule has 3 nitrogen and oxygen atoms in total.